The summed E-state index contributed by atoms with van der Waals surface area (Å²) in [5.41, 5.74) is 6.69. The van der Waals surface area contributed by atoms with E-state index in [1.54, 1.807) is 10.7 Å². The van der Waals surface area contributed by atoms with Crippen molar-refractivity contribution in [3.8, 4) is 17.1 Å². The molecule has 5 nitrogen and oxygen atoms in total. The standard InChI is InChI=1S/C25H23ClN4O/c1-15-8-10-21(17(3)12-15)27-25(31)23-28-24(19-6-5-7-20(26)14-19)30(29-23)22-11-9-16(2)13-18(22)4/h5-14H,1-4H3,(H,27,31). The third-order valence-corrected chi connectivity index (χ3v) is 5.34. The summed E-state index contributed by atoms with van der Waals surface area (Å²) < 4.78 is 1.71. The molecule has 31 heavy (non-hydrogen) atoms. The Hall–Kier alpha value is -3.44. The summed E-state index contributed by atoms with van der Waals surface area (Å²) >= 11 is 6.22. The number of anilines is 1. The van der Waals surface area contributed by atoms with Gasteiger partial charge in [-0.15, -0.1) is 5.10 Å². The maximum absolute atomic E-state index is 13.0. The number of nitrogens with zero attached hydrogens (tertiary/aromatic N) is 3. The molecule has 0 aliphatic rings. The normalized spacial score (nSPS) is 10.9. The average molecular weight is 431 g/mol. The van der Waals surface area contributed by atoms with E-state index >= 15 is 0 Å². The van der Waals surface area contributed by atoms with Crippen LogP contribution in [0, 0.1) is 27.7 Å². The molecule has 0 spiro atoms. The van der Waals surface area contributed by atoms with Crippen molar-refractivity contribution in [2.75, 3.05) is 5.32 Å². The number of carbonyl (C=O) groups excluding carboxylic acids is 1. The molecule has 1 aromatic heterocycles. The Bertz CT molecular complexity index is 1290. The lowest BCUT2D eigenvalue weighted by molar-refractivity contribution is 0.101. The lowest BCUT2D eigenvalue weighted by Gasteiger charge is -2.10. The van der Waals surface area contributed by atoms with Gasteiger partial charge in [0, 0.05) is 16.3 Å². The Balaban J connectivity index is 1.80. The Morgan fingerprint density at radius 2 is 1.61 bits per heavy atom. The highest BCUT2D eigenvalue weighted by molar-refractivity contribution is 6.30. The van der Waals surface area contributed by atoms with Crippen molar-refractivity contribution in [2.45, 2.75) is 27.7 Å². The van der Waals surface area contributed by atoms with Crippen molar-refractivity contribution in [3.05, 3.63) is 93.8 Å². The molecule has 0 radical (unpaired) electrons. The topological polar surface area (TPSA) is 59.8 Å². The molecule has 1 amide bonds. The van der Waals surface area contributed by atoms with Gasteiger partial charge in [-0.3, -0.25) is 4.79 Å². The second kappa shape index (κ2) is 8.36. The Morgan fingerprint density at radius 1 is 0.903 bits per heavy atom. The molecule has 0 unspecified atom stereocenters. The number of carbonyl (C=O) groups is 1. The molecule has 4 rings (SSSR count). The van der Waals surface area contributed by atoms with Crippen LogP contribution in [0.3, 0.4) is 0 Å². The third-order valence-electron chi connectivity index (χ3n) is 5.10. The van der Waals surface area contributed by atoms with E-state index in [0.717, 1.165) is 39.2 Å². The number of halogens is 1. The number of rotatable bonds is 4. The van der Waals surface area contributed by atoms with Crippen molar-refractivity contribution < 1.29 is 4.79 Å². The first kappa shape index (κ1) is 20.8. The minimum Gasteiger partial charge on any atom is -0.319 e. The zero-order chi connectivity index (χ0) is 22.1. The van der Waals surface area contributed by atoms with Crippen LogP contribution in [0.4, 0.5) is 5.69 Å². The number of aromatic nitrogens is 3. The molecular weight excluding hydrogens is 408 g/mol. The predicted molar refractivity (Wildman–Crippen MR) is 125 cm³/mol. The van der Waals surface area contributed by atoms with Crippen molar-refractivity contribution in [1.82, 2.24) is 14.8 Å². The average Bonchev–Trinajstić information content (AvgIpc) is 3.15. The fourth-order valence-corrected chi connectivity index (χ4v) is 3.76. The van der Waals surface area contributed by atoms with E-state index in [2.05, 4.69) is 21.5 Å². The summed E-state index contributed by atoms with van der Waals surface area (Å²) in [5.74, 6) is 0.286. The fraction of sp³-hybridized carbons (Fsp3) is 0.160. The first-order valence-electron chi connectivity index (χ1n) is 10.0. The smallest absolute Gasteiger partial charge is 0.295 e. The van der Waals surface area contributed by atoms with Crippen LogP contribution in [0.25, 0.3) is 17.1 Å². The van der Waals surface area contributed by atoms with Crippen LogP contribution >= 0.6 is 11.6 Å². The Kier molecular flexibility index (Phi) is 5.61. The van der Waals surface area contributed by atoms with E-state index < -0.39 is 0 Å². The van der Waals surface area contributed by atoms with E-state index in [9.17, 15) is 4.79 Å². The molecule has 3 aromatic carbocycles. The zero-order valence-corrected chi connectivity index (χ0v) is 18.7. The number of hydrogen-bond donors (Lipinski definition) is 1. The predicted octanol–water partition coefficient (Wildman–Crippen LogP) is 6.07. The Labute approximate surface area is 186 Å². The van der Waals surface area contributed by atoms with Crippen molar-refractivity contribution in [3.63, 3.8) is 0 Å². The highest BCUT2D eigenvalue weighted by atomic mass is 35.5. The van der Waals surface area contributed by atoms with Crippen LogP contribution in [0.1, 0.15) is 32.9 Å². The quantitative estimate of drug-likeness (QED) is 0.427. The molecule has 0 bridgehead atoms. The molecule has 0 fully saturated rings. The largest absolute Gasteiger partial charge is 0.319 e. The number of nitrogens with one attached hydrogen (secondary N) is 1. The van der Waals surface area contributed by atoms with Gasteiger partial charge in [0.25, 0.3) is 5.91 Å². The highest BCUT2D eigenvalue weighted by Crippen LogP contribution is 2.26. The molecule has 6 heteroatoms. The first-order valence-corrected chi connectivity index (χ1v) is 10.4. The molecule has 1 N–H and O–H groups in total. The lowest BCUT2D eigenvalue weighted by Crippen LogP contribution is -2.15. The molecular formula is C25H23ClN4O. The summed E-state index contributed by atoms with van der Waals surface area (Å²) in [6.07, 6.45) is 0. The first-order chi connectivity index (χ1) is 14.8. The van der Waals surface area contributed by atoms with Gasteiger partial charge in [0.15, 0.2) is 5.82 Å². The van der Waals surface area contributed by atoms with Gasteiger partial charge in [-0.2, -0.15) is 0 Å². The summed E-state index contributed by atoms with van der Waals surface area (Å²) in [6, 6.07) is 19.3. The second-order valence-corrected chi connectivity index (χ2v) is 8.18. The SMILES string of the molecule is Cc1ccc(NC(=O)c2nc(-c3cccc(Cl)c3)n(-c3ccc(C)cc3C)n2)c(C)c1. The van der Waals surface area contributed by atoms with Gasteiger partial charge in [-0.1, -0.05) is 59.1 Å². The van der Waals surface area contributed by atoms with Crippen molar-refractivity contribution in [2.24, 2.45) is 0 Å². The van der Waals surface area contributed by atoms with Crippen LogP contribution in [0.2, 0.25) is 5.02 Å². The number of hydrogen-bond acceptors (Lipinski definition) is 3. The van der Waals surface area contributed by atoms with Gasteiger partial charge < -0.3 is 5.32 Å². The van der Waals surface area contributed by atoms with Gasteiger partial charge in [-0.25, -0.2) is 9.67 Å². The van der Waals surface area contributed by atoms with Gasteiger partial charge in [0.2, 0.25) is 5.82 Å². The van der Waals surface area contributed by atoms with Gasteiger partial charge in [0.05, 0.1) is 5.69 Å². The third kappa shape index (κ3) is 4.37. The zero-order valence-electron chi connectivity index (χ0n) is 17.9. The minimum absolute atomic E-state index is 0.0925. The molecule has 1 heterocycles. The lowest BCUT2D eigenvalue weighted by atomic mass is 10.1. The van der Waals surface area contributed by atoms with Gasteiger partial charge in [0.1, 0.15) is 0 Å². The maximum Gasteiger partial charge on any atom is 0.295 e. The minimum atomic E-state index is -0.362. The molecule has 0 atom stereocenters. The van der Waals surface area contributed by atoms with Crippen LogP contribution < -0.4 is 5.32 Å². The molecule has 4 aromatic rings. The van der Waals surface area contributed by atoms with Crippen LogP contribution in [0.15, 0.2) is 60.7 Å². The van der Waals surface area contributed by atoms with Crippen LogP contribution in [0.5, 0.6) is 0 Å². The summed E-state index contributed by atoms with van der Waals surface area (Å²) in [6.45, 7) is 8.03. The number of aryl methyl sites for hydroxylation is 4. The van der Waals surface area contributed by atoms with E-state index in [0.29, 0.717) is 10.8 Å². The second-order valence-electron chi connectivity index (χ2n) is 7.74. The van der Waals surface area contributed by atoms with Crippen LogP contribution in [-0.2, 0) is 0 Å². The monoisotopic (exact) mass is 430 g/mol. The summed E-state index contributed by atoms with van der Waals surface area (Å²) in [7, 11) is 0. The number of amides is 1. The molecule has 0 aliphatic heterocycles. The van der Waals surface area contributed by atoms with Crippen LogP contribution in [-0.4, -0.2) is 20.7 Å². The summed E-state index contributed by atoms with van der Waals surface area (Å²) in [5, 5.41) is 8.09. The summed E-state index contributed by atoms with van der Waals surface area (Å²) in [4.78, 5) is 17.6. The van der Waals surface area contributed by atoms with E-state index in [-0.39, 0.29) is 11.7 Å². The molecule has 0 saturated heterocycles. The van der Waals surface area contributed by atoms with E-state index in [1.807, 2.05) is 76.2 Å². The maximum atomic E-state index is 13.0. The van der Waals surface area contributed by atoms with Crippen molar-refractivity contribution >= 4 is 23.2 Å². The van der Waals surface area contributed by atoms with E-state index in [4.69, 9.17) is 11.6 Å². The van der Waals surface area contributed by atoms with Gasteiger partial charge >= 0.3 is 0 Å². The van der Waals surface area contributed by atoms with Gasteiger partial charge in [-0.05, 0) is 63.1 Å². The van der Waals surface area contributed by atoms with E-state index in [1.165, 1.54) is 0 Å². The molecule has 0 saturated carbocycles. The highest BCUT2D eigenvalue weighted by Gasteiger charge is 2.20. The Morgan fingerprint density at radius 3 is 2.29 bits per heavy atom. The molecule has 0 aliphatic carbocycles. The van der Waals surface area contributed by atoms with Crippen molar-refractivity contribution in [1.29, 1.82) is 0 Å². The number of benzene rings is 3. The molecule has 156 valence electrons. The fourth-order valence-electron chi connectivity index (χ4n) is 3.57.